The molecule has 1 rings (SSSR count). The second-order valence-electron chi connectivity index (χ2n) is 4.27. The van der Waals surface area contributed by atoms with E-state index in [9.17, 15) is 4.79 Å². The van der Waals surface area contributed by atoms with Crippen molar-refractivity contribution in [2.75, 3.05) is 20.3 Å². The summed E-state index contributed by atoms with van der Waals surface area (Å²) in [4.78, 5) is 10.6. The minimum atomic E-state index is -0.253. The zero-order valence-corrected chi connectivity index (χ0v) is 11.1. The lowest BCUT2D eigenvalue weighted by Crippen LogP contribution is -2.14. The highest BCUT2D eigenvalue weighted by Crippen LogP contribution is 2.12. The van der Waals surface area contributed by atoms with Gasteiger partial charge in [0.05, 0.1) is 26.9 Å². The first-order chi connectivity index (χ1) is 8.61. The number of rotatable bonds is 7. The molecule has 1 aromatic carbocycles. The van der Waals surface area contributed by atoms with Gasteiger partial charge in [-0.1, -0.05) is 19.1 Å². The summed E-state index contributed by atoms with van der Waals surface area (Å²) in [6.07, 6.45) is 0. The molecule has 4 heteroatoms. The predicted octanol–water partition coefficient (Wildman–Crippen LogP) is 2.41. The van der Waals surface area contributed by atoms with Gasteiger partial charge in [0.2, 0.25) is 0 Å². The fourth-order valence-corrected chi connectivity index (χ4v) is 1.41. The molecule has 0 amide bonds. The van der Waals surface area contributed by atoms with Crippen LogP contribution in [0.1, 0.15) is 19.4 Å². The zero-order valence-electron chi connectivity index (χ0n) is 11.1. The molecule has 0 saturated carbocycles. The molecule has 4 nitrogen and oxygen atoms in total. The maximum Gasteiger partial charge on any atom is 0.302 e. The molecule has 0 aromatic heterocycles. The van der Waals surface area contributed by atoms with Crippen molar-refractivity contribution < 1.29 is 19.0 Å². The minimum absolute atomic E-state index is 0.201. The summed E-state index contributed by atoms with van der Waals surface area (Å²) < 4.78 is 15.5. The lowest BCUT2D eigenvalue weighted by atomic mass is 10.2. The van der Waals surface area contributed by atoms with E-state index in [2.05, 4.69) is 0 Å². The lowest BCUT2D eigenvalue weighted by Gasteiger charge is -2.12. The molecule has 0 aliphatic carbocycles. The highest BCUT2D eigenvalue weighted by Gasteiger charge is 2.04. The van der Waals surface area contributed by atoms with Crippen LogP contribution >= 0.6 is 0 Å². The standard InChI is InChI=1S/C14H20O4/c1-11(9-18-12(2)15)8-17-10-13-4-6-14(16-3)7-5-13/h4-7,11H,8-10H2,1-3H3/t11-/m0/s1. The summed E-state index contributed by atoms with van der Waals surface area (Å²) in [6.45, 7) is 4.91. The molecule has 0 bridgehead atoms. The van der Waals surface area contributed by atoms with E-state index in [1.807, 2.05) is 31.2 Å². The number of hydrogen-bond donors (Lipinski definition) is 0. The summed E-state index contributed by atoms with van der Waals surface area (Å²) in [5.41, 5.74) is 1.09. The van der Waals surface area contributed by atoms with Crippen molar-refractivity contribution >= 4 is 5.97 Å². The molecule has 0 spiro atoms. The summed E-state index contributed by atoms with van der Waals surface area (Å²) in [7, 11) is 1.64. The number of carbonyl (C=O) groups excluding carboxylic acids is 1. The van der Waals surface area contributed by atoms with Gasteiger partial charge in [0.25, 0.3) is 0 Å². The molecule has 1 aromatic rings. The van der Waals surface area contributed by atoms with E-state index in [-0.39, 0.29) is 11.9 Å². The second-order valence-corrected chi connectivity index (χ2v) is 4.27. The molecule has 100 valence electrons. The topological polar surface area (TPSA) is 44.8 Å². The largest absolute Gasteiger partial charge is 0.497 e. The van der Waals surface area contributed by atoms with E-state index >= 15 is 0 Å². The molecule has 0 heterocycles. The molecule has 0 unspecified atom stereocenters. The van der Waals surface area contributed by atoms with Gasteiger partial charge in [0.1, 0.15) is 5.75 Å². The van der Waals surface area contributed by atoms with Crippen molar-refractivity contribution in [3.63, 3.8) is 0 Å². The molecule has 0 aliphatic heterocycles. The Morgan fingerprint density at radius 3 is 2.44 bits per heavy atom. The first-order valence-corrected chi connectivity index (χ1v) is 5.96. The Bertz CT molecular complexity index is 359. The van der Waals surface area contributed by atoms with Crippen molar-refractivity contribution in [1.82, 2.24) is 0 Å². The number of esters is 1. The molecule has 0 fully saturated rings. The van der Waals surface area contributed by atoms with Crippen LogP contribution < -0.4 is 4.74 Å². The molecule has 0 saturated heterocycles. The highest BCUT2D eigenvalue weighted by molar-refractivity contribution is 5.65. The SMILES string of the molecule is COc1ccc(COC[C@H](C)COC(C)=O)cc1. The van der Waals surface area contributed by atoms with Crippen LogP contribution in [-0.2, 0) is 20.9 Å². The van der Waals surface area contributed by atoms with E-state index < -0.39 is 0 Å². The monoisotopic (exact) mass is 252 g/mol. The third-order valence-electron chi connectivity index (χ3n) is 2.40. The predicted molar refractivity (Wildman–Crippen MR) is 68.4 cm³/mol. The first kappa shape index (κ1) is 14.5. The number of ether oxygens (including phenoxy) is 3. The number of carbonyl (C=O) groups is 1. The van der Waals surface area contributed by atoms with Crippen LogP contribution in [-0.4, -0.2) is 26.3 Å². The van der Waals surface area contributed by atoms with Crippen molar-refractivity contribution in [2.45, 2.75) is 20.5 Å². The van der Waals surface area contributed by atoms with Crippen LogP contribution in [0.25, 0.3) is 0 Å². The molecular weight excluding hydrogens is 232 g/mol. The Morgan fingerprint density at radius 2 is 1.89 bits per heavy atom. The number of hydrogen-bond acceptors (Lipinski definition) is 4. The molecule has 0 N–H and O–H groups in total. The zero-order chi connectivity index (χ0) is 13.4. The maximum atomic E-state index is 10.6. The Kier molecular flexibility index (Phi) is 6.22. The Balaban J connectivity index is 2.22. The van der Waals surface area contributed by atoms with E-state index in [1.54, 1.807) is 7.11 Å². The van der Waals surface area contributed by atoms with Gasteiger partial charge in [-0.15, -0.1) is 0 Å². The average molecular weight is 252 g/mol. The van der Waals surface area contributed by atoms with Gasteiger partial charge in [-0.3, -0.25) is 4.79 Å². The molecule has 0 radical (unpaired) electrons. The van der Waals surface area contributed by atoms with Crippen LogP contribution in [0.15, 0.2) is 24.3 Å². The Labute approximate surface area is 108 Å². The number of benzene rings is 1. The van der Waals surface area contributed by atoms with Crippen LogP contribution in [0.2, 0.25) is 0 Å². The quantitative estimate of drug-likeness (QED) is 0.699. The van der Waals surface area contributed by atoms with Crippen LogP contribution in [0.4, 0.5) is 0 Å². The summed E-state index contributed by atoms with van der Waals surface area (Å²) in [5.74, 6) is 0.783. The van der Waals surface area contributed by atoms with Crippen molar-refractivity contribution in [2.24, 2.45) is 5.92 Å². The Morgan fingerprint density at radius 1 is 1.22 bits per heavy atom. The minimum Gasteiger partial charge on any atom is -0.497 e. The van der Waals surface area contributed by atoms with Gasteiger partial charge >= 0.3 is 5.97 Å². The first-order valence-electron chi connectivity index (χ1n) is 5.96. The molecular formula is C14H20O4. The van der Waals surface area contributed by atoms with Crippen LogP contribution in [0.5, 0.6) is 5.75 Å². The van der Waals surface area contributed by atoms with Gasteiger partial charge in [-0.05, 0) is 17.7 Å². The molecule has 18 heavy (non-hydrogen) atoms. The summed E-state index contributed by atoms with van der Waals surface area (Å²) in [5, 5.41) is 0. The third-order valence-corrected chi connectivity index (χ3v) is 2.40. The van der Waals surface area contributed by atoms with Gasteiger partial charge in [0, 0.05) is 12.8 Å². The van der Waals surface area contributed by atoms with Gasteiger partial charge in [-0.2, -0.15) is 0 Å². The van der Waals surface area contributed by atoms with Gasteiger partial charge < -0.3 is 14.2 Å². The van der Waals surface area contributed by atoms with Gasteiger partial charge in [0.15, 0.2) is 0 Å². The van der Waals surface area contributed by atoms with E-state index in [0.717, 1.165) is 11.3 Å². The summed E-state index contributed by atoms with van der Waals surface area (Å²) in [6, 6.07) is 7.74. The smallest absolute Gasteiger partial charge is 0.302 e. The van der Waals surface area contributed by atoms with Crippen molar-refractivity contribution in [3.05, 3.63) is 29.8 Å². The number of methoxy groups -OCH3 is 1. The third kappa shape index (κ3) is 5.68. The van der Waals surface area contributed by atoms with E-state index in [0.29, 0.717) is 19.8 Å². The van der Waals surface area contributed by atoms with Crippen molar-refractivity contribution in [3.8, 4) is 5.75 Å². The normalized spacial score (nSPS) is 11.9. The fraction of sp³-hybridized carbons (Fsp3) is 0.500. The Hall–Kier alpha value is -1.55. The van der Waals surface area contributed by atoms with E-state index in [4.69, 9.17) is 14.2 Å². The highest BCUT2D eigenvalue weighted by atomic mass is 16.5. The fourth-order valence-electron chi connectivity index (χ4n) is 1.41. The lowest BCUT2D eigenvalue weighted by molar-refractivity contribution is -0.142. The van der Waals surface area contributed by atoms with Crippen LogP contribution in [0.3, 0.4) is 0 Å². The molecule has 0 aliphatic rings. The average Bonchev–Trinajstić information content (AvgIpc) is 2.37. The van der Waals surface area contributed by atoms with E-state index in [1.165, 1.54) is 6.92 Å². The van der Waals surface area contributed by atoms with Crippen LogP contribution in [0, 0.1) is 5.92 Å². The second kappa shape index (κ2) is 7.71. The van der Waals surface area contributed by atoms with Gasteiger partial charge in [-0.25, -0.2) is 0 Å². The molecule has 1 atom stereocenters. The summed E-state index contributed by atoms with van der Waals surface area (Å²) >= 11 is 0. The van der Waals surface area contributed by atoms with Crippen molar-refractivity contribution in [1.29, 1.82) is 0 Å². The maximum absolute atomic E-state index is 10.6.